The van der Waals surface area contributed by atoms with E-state index < -0.39 is 0 Å². The molecule has 2 aromatic carbocycles. The summed E-state index contributed by atoms with van der Waals surface area (Å²) in [4.78, 5) is 0. The van der Waals surface area contributed by atoms with Gasteiger partial charge in [0.05, 0.1) is 0 Å². The highest BCUT2D eigenvalue weighted by Crippen LogP contribution is 2.23. The number of aryl methyl sites for hydroxylation is 1. The molecule has 2 aromatic rings. The number of halogens is 1. The van der Waals surface area contributed by atoms with E-state index in [0.717, 1.165) is 10.9 Å². The summed E-state index contributed by atoms with van der Waals surface area (Å²) >= 11 is 0. The van der Waals surface area contributed by atoms with Gasteiger partial charge in [-0.2, -0.15) is 0 Å². The third-order valence-corrected chi connectivity index (χ3v) is 2.16. The smallest absolute Gasteiger partial charge is 0.133 e. The van der Waals surface area contributed by atoms with E-state index in [2.05, 4.69) is 0 Å². The number of fused-ring (bicyclic) bond motifs is 1. The minimum Gasteiger partial charge on any atom is -0.399 e. The highest BCUT2D eigenvalue weighted by molar-refractivity contribution is 5.88. The molecule has 0 amide bonds. The van der Waals surface area contributed by atoms with Crippen LogP contribution in [0.3, 0.4) is 0 Å². The van der Waals surface area contributed by atoms with E-state index in [1.165, 1.54) is 6.07 Å². The van der Waals surface area contributed by atoms with E-state index >= 15 is 0 Å². The zero-order valence-electron chi connectivity index (χ0n) is 7.34. The first-order chi connectivity index (χ1) is 6.18. The molecule has 0 unspecified atom stereocenters. The predicted molar refractivity (Wildman–Crippen MR) is 53.1 cm³/mol. The molecule has 0 saturated heterocycles. The molecule has 0 fully saturated rings. The monoisotopic (exact) mass is 175 g/mol. The quantitative estimate of drug-likeness (QED) is 0.612. The second-order valence-corrected chi connectivity index (χ2v) is 3.18. The van der Waals surface area contributed by atoms with Gasteiger partial charge in [0.25, 0.3) is 0 Å². The van der Waals surface area contributed by atoms with Crippen LogP contribution in [0.15, 0.2) is 30.3 Å². The fraction of sp³-hybridized carbons (Fsp3) is 0.0909. The summed E-state index contributed by atoms with van der Waals surface area (Å²) in [5.41, 5.74) is 6.94. The fourth-order valence-electron chi connectivity index (χ4n) is 1.58. The Hall–Kier alpha value is -1.57. The van der Waals surface area contributed by atoms with Crippen molar-refractivity contribution >= 4 is 16.5 Å². The number of anilines is 1. The summed E-state index contributed by atoms with van der Waals surface area (Å²) in [5.74, 6) is -0.242. The number of hydrogen-bond acceptors (Lipinski definition) is 1. The van der Waals surface area contributed by atoms with Gasteiger partial charge >= 0.3 is 0 Å². The molecule has 0 heterocycles. The predicted octanol–water partition coefficient (Wildman–Crippen LogP) is 2.87. The molecule has 0 aliphatic heterocycles. The minimum absolute atomic E-state index is 0.242. The molecule has 2 N–H and O–H groups in total. The summed E-state index contributed by atoms with van der Waals surface area (Å²) in [5, 5.41) is 1.52. The summed E-state index contributed by atoms with van der Waals surface area (Å²) in [6.07, 6.45) is 0. The van der Waals surface area contributed by atoms with Crippen LogP contribution in [0.4, 0.5) is 10.1 Å². The van der Waals surface area contributed by atoms with Gasteiger partial charge in [-0.15, -0.1) is 0 Å². The number of hydrogen-bond donors (Lipinski definition) is 1. The van der Waals surface area contributed by atoms with Crippen molar-refractivity contribution < 1.29 is 4.39 Å². The van der Waals surface area contributed by atoms with Crippen LogP contribution in [0.2, 0.25) is 0 Å². The molecule has 13 heavy (non-hydrogen) atoms. The molecule has 0 aliphatic carbocycles. The third-order valence-electron chi connectivity index (χ3n) is 2.16. The molecule has 2 heteroatoms. The van der Waals surface area contributed by atoms with Gasteiger partial charge in [-0.05, 0) is 30.0 Å². The largest absolute Gasteiger partial charge is 0.399 e. The van der Waals surface area contributed by atoms with Crippen molar-refractivity contribution in [1.82, 2.24) is 0 Å². The second-order valence-electron chi connectivity index (χ2n) is 3.18. The van der Waals surface area contributed by atoms with Gasteiger partial charge in [-0.3, -0.25) is 0 Å². The van der Waals surface area contributed by atoms with Gasteiger partial charge in [0.15, 0.2) is 0 Å². The average molecular weight is 175 g/mol. The maximum atomic E-state index is 13.4. The van der Waals surface area contributed by atoms with E-state index in [-0.39, 0.29) is 5.82 Å². The highest BCUT2D eigenvalue weighted by atomic mass is 19.1. The van der Waals surface area contributed by atoms with Crippen molar-refractivity contribution in [2.75, 3.05) is 5.73 Å². The second kappa shape index (κ2) is 2.73. The lowest BCUT2D eigenvalue weighted by atomic mass is 10.0. The Balaban J connectivity index is 2.94. The molecule has 1 nitrogen and oxygen atoms in total. The van der Waals surface area contributed by atoms with Crippen molar-refractivity contribution in [3.05, 3.63) is 41.7 Å². The van der Waals surface area contributed by atoms with Gasteiger partial charge in [-0.25, -0.2) is 4.39 Å². The molecule has 2 rings (SSSR count). The molecule has 0 saturated carbocycles. The van der Waals surface area contributed by atoms with Gasteiger partial charge in [0, 0.05) is 11.1 Å². The number of nitrogens with two attached hydrogens (primary N) is 1. The zero-order valence-corrected chi connectivity index (χ0v) is 7.34. The van der Waals surface area contributed by atoms with E-state index in [0.29, 0.717) is 11.1 Å². The standard InChI is InChI=1S/C11H10FN/c1-7-3-2-4-8-5-9(13)6-10(12)11(7)8/h2-6H,13H2,1H3. The summed E-state index contributed by atoms with van der Waals surface area (Å²) in [6, 6.07) is 8.79. The normalized spacial score (nSPS) is 10.6. The molecule has 66 valence electrons. The molecule has 0 bridgehead atoms. The number of rotatable bonds is 0. The van der Waals surface area contributed by atoms with E-state index in [9.17, 15) is 4.39 Å². The maximum Gasteiger partial charge on any atom is 0.133 e. The molecule has 0 atom stereocenters. The highest BCUT2D eigenvalue weighted by Gasteiger charge is 2.03. The number of benzene rings is 2. The van der Waals surface area contributed by atoms with Crippen LogP contribution in [0.5, 0.6) is 0 Å². The first-order valence-electron chi connectivity index (χ1n) is 4.13. The Kier molecular flexibility index (Phi) is 1.69. The van der Waals surface area contributed by atoms with Crippen molar-refractivity contribution in [2.24, 2.45) is 0 Å². The lowest BCUT2D eigenvalue weighted by molar-refractivity contribution is 0.640. The average Bonchev–Trinajstić information content (AvgIpc) is 2.02. The SMILES string of the molecule is Cc1cccc2cc(N)cc(F)c12. The zero-order chi connectivity index (χ0) is 9.42. The number of nitrogen functional groups attached to an aromatic ring is 1. The van der Waals surface area contributed by atoms with Crippen molar-refractivity contribution in [1.29, 1.82) is 0 Å². The topological polar surface area (TPSA) is 26.0 Å². The molecular weight excluding hydrogens is 165 g/mol. The van der Waals surface area contributed by atoms with Crippen LogP contribution in [0, 0.1) is 12.7 Å². The van der Waals surface area contributed by atoms with Gasteiger partial charge in [-0.1, -0.05) is 18.2 Å². The van der Waals surface area contributed by atoms with Crippen LogP contribution in [0.25, 0.3) is 10.8 Å². The molecular formula is C11H10FN. The van der Waals surface area contributed by atoms with Gasteiger partial charge in [0.2, 0.25) is 0 Å². The molecule has 0 radical (unpaired) electrons. The lowest BCUT2D eigenvalue weighted by Crippen LogP contribution is -1.89. The lowest BCUT2D eigenvalue weighted by Gasteiger charge is -2.04. The summed E-state index contributed by atoms with van der Waals surface area (Å²) in [6.45, 7) is 1.89. The Morgan fingerprint density at radius 1 is 1.23 bits per heavy atom. The van der Waals surface area contributed by atoms with Crippen LogP contribution < -0.4 is 5.73 Å². The van der Waals surface area contributed by atoms with Crippen LogP contribution in [0.1, 0.15) is 5.56 Å². The van der Waals surface area contributed by atoms with Crippen LogP contribution in [-0.4, -0.2) is 0 Å². The third kappa shape index (κ3) is 1.24. The fourth-order valence-corrected chi connectivity index (χ4v) is 1.58. The maximum absolute atomic E-state index is 13.4. The molecule has 0 aliphatic rings. The van der Waals surface area contributed by atoms with Gasteiger partial charge in [0.1, 0.15) is 5.82 Å². The van der Waals surface area contributed by atoms with Crippen molar-refractivity contribution in [2.45, 2.75) is 6.92 Å². The summed E-state index contributed by atoms with van der Waals surface area (Å²) in [7, 11) is 0. The molecule has 0 aromatic heterocycles. The van der Waals surface area contributed by atoms with Crippen LogP contribution in [-0.2, 0) is 0 Å². The minimum atomic E-state index is -0.242. The summed E-state index contributed by atoms with van der Waals surface area (Å²) < 4.78 is 13.4. The van der Waals surface area contributed by atoms with Crippen molar-refractivity contribution in [3.63, 3.8) is 0 Å². The van der Waals surface area contributed by atoms with E-state index in [1.807, 2.05) is 25.1 Å². The van der Waals surface area contributed by atoms with E-state index in [1.54, 1.807) is 6.07 Å². The van der Waals surface area contributed by atoms with Gasteiger partial charge < -0.3 is 5.73 Å². The first-order valence-corrected chi connectivity index (χ1v) is 4.13. The van der Waals surface area contributed by atoms with Crippen LogP contribution >= 0.6 is 0 Å². The molecule has 0 spiro atoms. The Bertz CT molecular complexity index is 463. The van der Waals surface area contributed by atoms with Crippen molar-refractivity contribution in [3.8, 4) is 0 Å². The Morgan fingerprint density at radius 3 is 2.77 bits per heavy atom. The van der Waals surface area contributed by atoms with E-state index in [4.69, 9.17) is 5.73 Å². The Morgan fingerprint density at radius 2 is 2.00 bits per heavy atom. The Labute approximate surface area is 76.0 Å². The first kappa shape index (κ1) is 8.05.